The molecule has 0 bridgehead atoms. The van der Waals surface area contributed by atoms with Crippen LogP contribution in [0.1, 0.15) is 13.3 Å². The minimum absolute atomic E-state index is 0.0655. The van der Waals surface area contributed by atoms with E-state index >= 15 is 0 Å². The van der Waals surface area contributed by atoms with Crippen molar-refractivity contribution in [2.24, 2.45) is 5.73 Å². The van der Waals surface area contributed by atoms with Crippen LogP contribution in [-0.2, 0) is 14.3 Å². The van der Waals surface area contributed by atoms with Gasteiger partial charge in [-0.25, -0.2) is 0 Å². The summed E-state index contributed by atoms with van der Waals surface area (Å²) in [6.45, 7) is 2.57. The van der Waals surface area contributed by atoms with Gasteiger partial charge in [-0.2, -0.15) is 0 Å². The van der Waals surface area contributed by atoms with E-state index in [-0.39, 0.29) is 24.9 Å². The molecule has 3 atom stereocenters. The Bertz CT molecular complexity index is 463. The fraction of sp³-hybridized carbons (Fsp3) is 0.533. The van der Waals surface area contributed by atoms with Gasteiger partial charge in [0, 0.05) is 19.4 Å². The minimum atomic E-state index is -0.489. The highest BCUT2D eigenvalue weighted by Gasteiger charge is 2.42. The van der Waals surface area contributed by atoms with Crippen LogP contribution in [0.2, 0.25) is 0 Å². The van der Waals surface area contributed by atoms with Gasteiger partial charge in [-0.1, -0.05) is 0 Å². The van der Waals surface area contributed by atoms with Crippen molar-refractivity contribution in [3.63, 3.8) is 0 Å². The molecule has 1 aromatic rings. The Morgan fingerprint density at radius 3 is 2.67 bits per heavy atom. The zero-order valence-corrected chi connectivity index (χ0v) is 12.4. The molecule has 0 aliphatic heterocycles. The Morgan fingerprint density at radius 1 is 1.38 bits per heavy atom. The lowest BCUT2D eigenvalue weighted by atomic mass is 9.85. The predicted molar refractivity (Wildman–Crippen MR) is 79.4 cm³/mol. The number of nitrogens with two attached hydrogens (primary N) is 1. The fourth-order valence-corrected chi connectivity index (χ4v) is 2.43. The molecule has 1 aromatic carbocycles. The number of benzene rings is 1. The predicted octanol–water partition coefficient (Wildman–Crippen LogP) is 1.15. The van der Waals surface area contributed by atoms with Crippen LogP contribution in [0.4, 0.5) is 5.69 Å². The van der Waals surface area contributed by atoms with E-state index < -0.39 is 5.91 Å². The fourth-order valence-electron chi connectivity index (χ4n) is 2.43. The van der Waals surface area contributed by atoms with Crippen molar-refractivity contribution in [3.8, 4) is 5.75 Å². The molecule has 3 unspecified atom stereocenters. The third-order valence-electron chi connectivity index (χ3n) is 3.49. The maximum absolute atomic E-state index is 10.6. The third-order valence-corrected chi connectivity index (χ3v) is 3.49. The van der Waals surface area contributed by atoms with Crippen LogP contribution >= 0.6 is 0 Å². The molecule has 0 aromatic heterocycles. The van der Waals surface area contributed by atoms with Crippen LogP contribution in [0, 0.1) is 0 Å². The second-order valence-corrected chi connectivity index (χ2v) is 4.96. The summed E-state index contributed by atoms with van der Waals surface area (Å²) in [7, 11) is 1.70. The first-order valence-electron chi connectivity index (χ1n) is 7.06. The molecule has 1 fully saturated rings. The Labute approximate surface area is 124 Å². The molecule has 0 spiro atoms. The summed E-state index contributed by atoms with van der Waals surface area (Å²) in [5.74, 6) is 0.125. The number of nitrogens with one attached hydrogen (secondary N) is 1. The van der Waals surface area contributed by atoms with Crippen LogP contribution in [-0.4, -0.2) is 44.5 Å². The number of hydrogen-bond donors (Lipinski definition) is 2. The van der Waals surface area contributed by atoms with E-state index in [1.54, 1.807) is 19.2 Å². The summed E-state index contributed by atoms with van der Waals surface area (Å²) in [6, 6.07) is 7.63. The van der Waals surface area contributed by atoms with E-state index in [4.69, 9.17) is 19.9 Å². The Kier molecular flexibility index (Phi) is 5.41. The summed E-state index contributed by atoms with van der Waals surface area (Å²) in [5, 5.41) is 3.41. The summed E-state index contributed by atoms with van der Waals surface area (Å²) in [5.41, 5.74) is 6.00. The Morgan fingerprint density at radius 2 is 2.10 bits per heavy atom. The molecular formula is C15H22N2O4. The van der Waals surface area contributed by atoms with Gasteiger partial charge in [-0.05, 0) is 37.6 Å². The normalized spacial score (nSPS) is 24.2. The molecular weight excluding hydrogens is 272 g/mol. The van der Waals surface area contributed by atoms with Crippen molar-refractivity contribution in [2.75, 3.05) is 25.6 Å². The highest BCUT2D eigenvalue weighted by molar-refractivity contribution is 5.75. The second-order valence-electron chi connectivity index (χ2n) is 4.96. The number of carbonyl (C=O) groups is 1. The lowest BCUT2D eigenvalue weighted by Gasteiger charge is -2.43. The minimum Gasteiger partial charge on any atom is -0.484 e. The van der Waals surface area contributed by atoms with Crippen molar-refractivity contribution in [1.29, 1.82) is 0 Å². The van der Waals surface area contributed by atoms with Crippen LogP contribution in [0.5, 0.6) is 5.75 Å². The molecule has 1 saturated carbocycles. The molecule has 2 rings (SSSR count). The molecule has 0 saturated heterocycles. The molecule has 0 radical (unpaired) electrons. The molecule has 1 aliphatic rings. The Hall–Kier alpha value is -1.79. The molecule has 1 aliphatic carbocycles. The summed E-state index contributed by atoms with van der Waals surface area (Å²) in [4.78, 5) is 10.6. The number of rotatable bonds is 8. The monoisotopic (exact) mass is 294 g/mol. The number of amides is 1. The molecule has 6 nitrogen and oxygen atoms in total. The van der Waals surface area contributed by atoms with Crippen LogP contribution < -0.4 is 15.8 Å². The van der Waals surface area contributed by atoms with Gasteiger partial charge in [0.15, 0.2) is 6.61 Å². The van der Waals surface area contributed by atoms with Gasteiger partial charge >= 0.3 is 0 Å². The number of ether oxygens (including phenoxy) is 3. The first-order valence-corrected chi connectivity index (χ1v) is 7.06. The zero-order valence-electron chi connectivity index (χ0n) is 12.4. The second kappa shape index (κ2) is 7.28. The topological polar surface area (TPSA) is 82.8 Å². The smallest absolute Gasteiger partial charge is 0.255 e. The molecule has 21 heavy (non-hydrogen) atoms. The molecule has 3 N–H and O–H groups in total. The number of anilines is 1. The molecule has 6 heteroatoms. The highest BCUT2D eigenvalue weighted by atomic mass is 16.5. The van der Waals surface area contributed by atoms with E-state index in [0.29, 0.717) is 12.4 Å². The summed E-state index contributed by atoms with van der Waals surface area (Å²) < 4.78 is 16.3. The highest BCUT2D eigenvalue weighted by Crippen LogP contribution is 2.30. The SMILES string of the molecule is CCOC1CC(Nc2ccc(OCC(N)=O)cc2)C1OC. The lowest BCUT2D eigenvalue weighted by molar-refractivity contribution is -0.119. The molecule has 0 heterocycles. The van der Waals surface area contributed by atoms with E-state index in [2.05, 4.69) is 5.32 Å². The van der Waals surface area contributed by atoms with Gasteiger partial charge < -0.3 is 25.3 Å². The molecule has 1 amide bonds. The number of primary amides is 1. The first kappa shape index (κ1) is 15.6. The van der Waals surface area contributed by atoms with Crippen molar-refractivity contribution in [2.45, 2.75) is 31.6 Å². The van der Waals surface area contributed by atoms with Gasteiger partial charge in [0.2, 0.25) is 0 Å². The van der Waals surface area contributed by atoms with Crippen LogP contribution in [0.3, 0.4) is 0 Å². The largest absolute Gasteiger partial charge is 0.484 e. The van der Waals surface area contributed by atoms with Crippen molar-refractivity contribution >= 4 is 11.6 Å². The maximum Gasteiger partial charge on any atom is 0.255 e. The maximum atomic E-state index is 10.6. The summed E-state index contributed by atoms with van der Waals surface area (Å²) in [6.07, 6.45) is 1.15. The quantitative estimate of drug-likeness (QED) is 0.751. The van der Waals surface area contributed by atoms with Crippen molar-refractivity contribution in [1.82, 2.24) is 0 Å². The standard InChI is InChI=1S/C15H22N2O4/c1-3-20-13-8-12(15(13)19-2)17-10-4-6-11(7-5-10)21-9-14(16)18/h4-7,12-13,15,17H,3,8-9H2,1-2H3,(H2,16,18). The van der Waals surface area contributed by atoms with E-state index in [1.165, 1.54) is 0 Å². The van der Waals surface area contributed by atoms with Crippen molar-refractivity contribution in [3.05, 3.63) is 24.3 Å². The average molecular weight is 294 g/mol. The van der Waals surface area contributed by atoms with E-state index in [1.807, 2.05) is 19.1 Å². The zero-order chi connectivity index (χ0) is 15.2. The summed E-state index contributed by atoms with van der Waals surface area (Å²) >= 11 is 0. The first-order chi connectivity index (χ1) is 10.1. The van der Waals surface area contributed by atoms with E-state index in [0.717, 1.165) is 12.1 Å². The average Bonchev–Trinajstić information content (AvgIpc) is 2.45. The van der Waals surface area contributed by atoms with Gasteiger partial charge in [0.05, 0.1) is 12.1 Å². The van der Waals surface area contributed by atoms with Crippen LogP contribution in [0.15, 0.2) is 24.3 Å². The van der Waals surface area contributed by atoms with Crippen molar-refractivity contribution < 1.29 is 19.0 Å². The Balaban J connectivity index is 1.85. The van der Waals surface area contributed by atoms with E-state index in [9.17, 15) is 4.79 Å². The number of carbonyl (C=O) groups excluding carboxylic acids is 1. The van der Waals surface area contributed by atoms with Gasteiger partial charge in [0.25, 0.3) is 5.91 Å². The van der Waals surface area contributed by atoms with Gasteiger partial charge in [-0.3, -0.25) is 4.79 Å². The molecule has 116 valence electrons. The number of hydrogen-bond acceptors (Lipinski definition) is 5. The van der Waals surface area contributed by atoms with Gasteiger partial charge in [-0.15, -0.1) is 0 Å². The van der Waals surface area contributed by atoms with Gasteiger partial charge in [0.1, 0.15) is 11.9 Å². The third kappa shape index (κ3) is 4.09. The van der Waals surface area contributed by atoms with Crippen LogP contribution in [0.25, 0.3) is 0 Å². The lowest BCUT2D eigenvalue weighted by Crippen LogP contribution is -2.56. The number of methoxy groups -OCH3 is 1.